The molecule has 8 heteroatoms. The molecule has 0 bridgehead atoms. The summed E-state index contributed by atoms with van der Waals surface area (Å²) < 4.78 is 13.5. The number of benzene rings is 2. The SMILES string of the molecule is O=Nc1ccccc1/C=C/C(=O)NC[C@@H]1CCCC[C@H]1CN1CCC(c2n[nH]c3cc(F)ccc23)CC1. The predicted molar refractivity (Wildman–Crippen MR) is 144 cm³/mol. The Hall–Kier alpha value is -3.39. The number of amides is 1. The minimum absolute atomic E-state index is 0.142. The first-order valence-corrected chi connectivity index (χ1v) is 13.3. The summed E-state index contributed by atoms with van der Waals surface area (Å²) >= 11 is 0. The van der Waals surface area contributed by atoms with Crippen LogP contribution in [0.25, 0.3) is 17.0 Å². The topological polar surface area (TPSA) is 90.4 Å². The van der Waals surface area contributed by atoms with Crippen molar-refractivity contribution in [2.24, 2.45) is 17.0 Å². The van der Waals surface area contributed by atoms with Gasteiger partial charge in [-0.2, -0.15) is 5.10 Å². The summed E-state index contributed by atoms with van der Waals surface area (Å²) in [5, 5.41) is 14.6. The lowest BCUT2D eigenvalue weighted by molar-refractivity contribution is -0.116. The minimum Gasteiger partial charge on any atom is -0.352 e. The lowest BCUT2D eigenvalue weighted by Crippen LogP contribution is -2.42. The molecule has 1 saturated carbocycles. The molecule has 2 N–H and O–H groups in total. The molecule has 0 radical (unpaired) electrons. The van der Waals surface area contributed by atoms with Gasteiger partial charge in [0, 0.05) is 36.0 Å². The van der Waals surface area contributed by atoms with E-state index < -0.39 is 0 Å². The number of hydrogen-bond acceptors (Lipinski definition) is 5. The second-order valence-corrected chi connectivity index (χ2v) is 10.4. The summed E-state index contributed by atoms with van der Waals surface area (Å²) in [7, 11) is 0. The highest BCUT2D eigenvalue weighted by molar-refractivity contribution is 5.92. The third-order valence-electron chi connectivity index (χ3n) is 8.08. The molecule has 2 aromatic carbocycles. The first-order valence-electron chi connectivity index (χ1n) is 13.3. The largest absolute Gasteiger partial charge is 0.352 e. The van der Waals surface area contributed by atoms with Crippen LogP contribution in [0.2, 0.25) is 0 Å². The zero-order valence-electron chi connectivity index (χ0n) is 21.0. The van der Waals surface area contributed by atoms with Crippen LogP contribution < -0.4 is 5.32 Å². The van der Waals surface area contributed by atoms with Gasteiger partial charge in [0.25, 0.3) is 0 Å². The molecular formula is C29H34FN5O2. The summed E-state index contributed by atoms with van der Waals surface area (Å²) in [6, 6.07) is 11.8. The number of likely N-dealkylation sites (tertiary alicyclic amines) is 1. The number of fused-ring (bicyclic) bond motifs is 1. The number of nitrogens with zero attached hydrogens (tertiary/aromatic N) is 3. The molecule has 1 aliphatic heterocycles. The summed E-state index contributed by atoms with van der Waals surface area (Å²) in [5.74, 6) is 1.05. The molecule has 1 aromatic heterocycles. The van der Waals surface area contributed by atoms with Gasteiger partial charge in [-0.05, 0) is 86.1 Å². The third kappa shape index (κ3) is 6.13. The fourth-order valence-electron chi connectivity index (χ4n) is 6.01. The summed E-state index contributed by atoms with van der Waals surface area (Å²) in [5.41, 5.74) is 2.80. The fourth-order valence-corrected chi connectivity index (χ4v) is 6.01. The second-order valence-electron chi connectivity index (χ2n) is 10.4. The molecule has 5 rings (SSSR count). The molecule has 2 heterocycles. The molecule has 2 fully saturated rings. The summed E-state index contributed by atoms with van der Waals surface area (Å²) in [6.07, 6.45) is 10.0. The van der Waals surface area contributed by atoms with E-state index in [1.165, 1.54) is 37.5 Å². The van der Waals surface area contributed by atoms with Crippen LogP contribution in [0, 0.1) is 22.6 Å². The van der Waals surface area contributed by atoms with Crippen molar-refractivity contribution in [3.05, 3.63) is 70.5 Å². The van der Waals surface area contributed by atoms with E-state index in [0.717, 1.165) is 55.5 Å². The Morgan fingerprint density at radius 2 is 1.89 bits per heavy atom. The normalized spacial score (nSPS) is 21.4. The zero-order chi connectivity index (χ0) is 25.6. The highest BCUT2D eigenvalue weighted by Crippen LogP contribution is 2.34. The van der Waals surface area contributed by atoms with Crippen LogP contribution in [0.4, 0.5) is 10.1 Å². The van der Waals surface area contributed by atoms with E-state index in [2.05, 4.69) is 25.6 Å². The first kappa shape index (κ1) is 25.3. The lowest BCUT2D eigenvalue weighted by atomic mass is 9.78. The van der Waals surface area contributed by atoms with Gasteiger partial charge in [0.05, 0.1) is 11.2 Å². The molecular weight excluding hydrogens is 469 g/mol. The maximum atomic E-state index is 13.5. The Bertz CT molecular complexity index is 1260. The molecule has 37 heavy (non-hydrogen) atoms. The highest BCUT2D eigenvalue weighted by Gasteiger charge is 2.30. The van der Waals surface area contributed by atoms with Crippen molar-refractivity contribution in [1.29, 1.82) is 0 Å². The molecule has 1 saturated heterocycles. The number of hydrogen-bond donors (Lipinski definition) is 2. The van der Waals surface area contributed by atoms with Crippen molar-refractivity contribution in [3.8, 4) is 0 Å². The average molecular weight is 504 g/mol. The maximum Gasteiger partial charge on any atom is 0.244 e. The van der Waals surface area contributed by atoms with E-state index in [1.54, 1.807) is 24.3 Å². The van der Waals surface area contributed by atoms with Gasteiger partial charge in [0.2, 0.25) is 5.91 Å². The van der Waals surface area contributed by atoms with Gasteiger partial charge in [0.1, 0.15) is 11.5 Å². The molecule has 1 amide bonds. The standard InChI is InChI=1S/C29H34FN5O2/c30-24-10-11-25-27(17-24)32-33-29(25)21-13-15-35(16-14-21)19-23-7-2-1-6-22(23)18-31-28(36)12-9-20-5-3-4-8-26(20)34-37/h3-5,8-12,17,21-23H,1-2,6-7,13-16,18-19H2,(H,31,36)(H,32,33)/b12-9+/t22-,23-/m0/s1. The number of nitrogens with one attached hydrogen (secondary N) is 2. The van der Waals surface area contributed by atoms with Gasteiger partial charge in [-0.25, -0.2) is 4.39 Å². The molecule has 3 aromatic rings. The van der Waals surface area contributed by atoms with Gasteiger partial charge >= 0.3 is 0 Å². The zero-order valence-corrected chi connectivity index (χ0v) is 21.0. The van der Waals surface area contributed by atoms with E-state index in [4.69, 9.17) is 0 Å². The number of aromatic nitrogens is 2. The van der Waals surface area contributed by atoms with Crippen LogP contribution in [0.15, 0.2) is 53.7 Å². The van der Waals surface area contributed by atoms with Gasteiger partial charge in [-0.3, -0.25) is 9.89 Å². The fraction of sp³-hybridized carbons (Fsp3) is 0.448. The van der Waals surface area contributed by atoms with Crippen LogP contribution in [-0.4, -0.2) is 47.2 Å². The molecule has 2 atom stereocenters. The average Bonchev–Trinajstić information content (AvgIpc) is 3.35. The van der Waals surface area contributed by atoms with Crippen LogP contribution in [-0.2, 0) is 4.79 Å². The van der Waals surface area contributed by atoms with Crippen molar-refractivity contribution < 1.29 is 9.18 Å². The van der Waals surface area contributed by atoms with Crippen LogP contribution in [0.3, 0.4) is 0 Å². The minimum atomic E-state index is -0.243. The van der Waals surface area contributed by atoms with Gasteiger partial charge in [0.15, 0.2) is 0 Å². The van der Waals surface area contributed by atoms with Crippen LogP contribution >= 0.6 is 0 Å². The predicted octanol–water partition coefficient (Wildman–Crippen LogP) is 5.92. The molecule has 0 unspecified atom stereocenters. The monoisotopic (exact) mass is 503 g/mol. The van der Waals surface area contributed by atoms with Gasteiger partial charge in [-0.1, -0.05) is 31.0 Å². The van der Waals surface area contributed by atoms with E-state index in [0.29, 0.717) is 35.5 Å². The molecule has 2 aliphatic rings. The second kappa shape index (κ2) is 11.8. The van der Waals surface area contributed by atoms with Crippen molar-refractivity contribution in [2.75, 3.05) is 26.2 Å². The number of halogens is 1. The van der Waals surface area contributed by atoms with Crippen molar-refractivity contribution >= 4 is 28.6 Å². The van der Waals surface area contributed by atoms with Crippen LogP contribution in [0.5, 0.6) is 0 Å². The molecule has 194 valence electrons. The number of H-pyrrole nitrogens is 1. The Labute approximate surface area is 216 Å². The van der Waals surface area contributed by atoms with Crippen molar-refractivity contribution in [3.63, 3.8) is 0 Å². The van der Waals surface area contributed by atoms with Gasteiger partial charge in [-0.15, -0.1) is 4.91 Å². The summed E-state index contributed by atoms with van der Waals surface area (Å²) in [4.78, 5) is 26.0. The number of piperidine rings is 1. The Morgan fingerprint density at radius 3 is 2.70 bits per heavy atom. The Kier molecular flexibility index (Phi) is 8.04. The third-order valence-corrected chi connectivity index (χ3v) is 8.08. The number of carbonyl (C=O) groups excluding carboxylic acids is 1. The van der Waals surface area contributed by atoms with Gasteiger partial charge < -0.3 is 10.2 Å². The Morgan fingerprint density at radius 1 is 1.11 bits per heavy atom. The van der Waals surface area contributed by atoms with E-state index >= 15 is 0 Å². The van der Waals surface area contributed by atoms with Crippen LogP contribution in [0.1, 0.15) is 55.7 Å². The highest BCUT2D eigenvalue weighted by atomic mass is 19.1. The van der Waals surface area contributed by atoms with E-state index in [1.807, 2.05) is 12.1 Å². The van der Waals surface area contributed by atoms with Crippen molar-refractivity contribution in [1.82, 2.24) is 20.4 Å². The van der Waals surface area contributed by atoms with E-state index in [9.17, 15) is 14.1 Å². The first-order chi connectivity index (χ1) is 18.1. The lowest BCUT2D eigenvalue weighted by Gasteiger charge is -2.38. The number of nitroso groups, excluding NO2 is 1. The van der Waals surface area contributed by atoms with E-state index in [-0.39, 0.29) is 11.7 Å². The quantitative estimate of drug-likeness (QED) is 0.295. The summed E-state index contributed by atoms with van der Waals surface area (Å²) in [6.45, 7) is 3.80. The van der Waals surface area contributed by atoms with Crippen molar-refractivity contribution in [2.45, 2.75) is 44.4 Å². The molecule has 7 nitrogen and oxygen atoms in total. The number of carbonyl (C=O) groups is 1. The number of rotatable bonds is 8. The maximum absolute atomic E-state index is 13.5. The smallest absolute Gasteiger partial charge is 0.244 e. The molecule has 1 aliphatic carbocycles. The molecule has 0 spiro atoms. The Balaban J connectivity index is 1.12. The number of aromatic amines is 1.